The SMILES string of the molecule is COc1ccccc1N(C)c1cncc(NN)n1. The van der Waals surface area contributed by atoms with Gasteiger partial charge in [0, 0.05) is 7.05 Å². The third kappa shape index (κ3) is 2.33. The second-order valence-corrected chi connectivity index (χ2v) is 3.64. The molecular weight excluding hydrogens is 230 g/mol. The van der Waals surface area contributed by atoms with Gasteiger partial charge in [0.05, 0.1) is 25.2 Å². The molecule has 0 atom stereocenters. The molecule has 18 heavy (non-hydrogen) atoms. The molecule has 0 saturated heterocycles. The molecule has 1 heterocycles. The lowest BCUT2D eigenvalue weighted by Crippen LogP contribution is -2.15. The fourth-order valence-electron chi connectivity index (χ4n) is 1.62. The molecule has 1 aromatic carbocycles. The summed E-state index contributed by atoms with van der Waals surface area (Å²) in [6.45, 7) is 0. The smallest absolute Gasteiger partial charge is 0.160 e. The van der Waals surface area contributed by atoms with E-state index in [2.05, 4.69) is 15.4 Å². The van der Waals surface area contributed by atoms with E-state index >= 15 is 0 Å². The molecule has 0 fully saturated rings. The third-order valence-electron chi connectivity index (χ3n) is 2.56. The Kier molecular flexibility index (Phi) is 3.59. The van der Waals surface area contributed by atoms with Crippen LogP contribution < -0.4 is 20.9 Å². The van der Waals surface area contributed by atoms with Crippen LogP contribution >= 0.6 is 0 Å². The Morgan fingerprint density at radius 3 is 2.78 bits per heavy atom. The maximum absolute atomic E-state index is 5.32. The summed E-state index contributed by atoms with van der Waals surface area (Å²) >= 11 is 0. The van der Waals surface area contributed by atoms with E-state index in [4.69, 9.17) is 10.6 Å². The molecule has 6 nitrogen and oxygen atoms in total. The van der Waals surface area contributed by atoms with Gasteiger partial charge in [-0.05, 0) is 12.1 Å². The summed E-state index contributed by atoms with van der Waals surface area (Å²) < 4.78 is 5.31. The lowest BCUT2D eigenvalue weighted by molar-refractivity contribution is 0.415. The molecule has 3 N–H and O–H groups in total. The van der Waals surface area contributed by atoms with Gasteiger partial charge in [0.15, 0.2) is 11.6 Å². The number of rotatable bonds is 4. The van der Waals surface area contributed by atoms with E-state index < -0.39 is 0 Å². The number of nitrogens with one attached hydrogen (secondary N) is 1. The van der Waals surface area contributed by atoms with E-state index in [1.54, 1.807) is 19.5 Å². The van der Waals surface area contributed by atoms with Gasteiger partial charge in [0.1, 0.15) is 5.75 Å². The van der Waals surface area contributed by atoms with Gasteiger partial charge < -0.3 is 15.1 Å². The summed E-state index contributed by atoms with van der Waals surface area (Å²) in [6.07, 6.45) is 3.22. The molecule has 0 bridgehead atoms. The summed E-state index contributed by atoms with van der Waals surface area (Å²) in [5, 5.41) is 0. The molecule has 0 amide bonds. The molecule has 0 radical (unpaired) electrons. The Bertz CT molecular complexity index is 531. The molecule has 0 saturated carbocycles. The lowest BCUT2D eigenvalue weighted by Gasteiger charge is -2.20. The minimum atomic E-state index is 0.509. The van der Waals surface area contributed by atoms with Crippen LogP contribution in [0.2, 0.25) is 0 Å². The Hall–Kier alpha value is -2.34. The maximum atomic E-state index is 5.32. The van der Waals surface area contributed by atoms with Crippen molar-refractivity contribution in [3.8, 4) is 5.75 Å². The van der Waals surface area contributed by atoms with Gasteiger partial charge in [0.2, 0.25) is 0 Å². The average molecular weight is 245 g/mol. The van der Waals surface area contributed by atoms with Gasteiger partial charge in [-0.1, -0.05) is 12.1 Å². The number of nitrogens with zero attached hydrogens (tertiary/aromatic N) is 3. The van der Waals surface area contributed by atoms with Crippen molar-refractivity contribution in [2.24, 2.45) is 5.84 Å². The van der Waals surface area contributed by atoms with Crippen LogP contribution in [0.25, 0.3) is 0 Å². The first-order chi connectivity index (χ1) is 8.76. The predicted octanol–water partition coefficient (Wildman–Crippen LogP) is 1.54. The van der Waals surface area contributed by atoms with Gasteiger partial charge >= 0.3 is 0 Å². The van der Waals surface area contributed by atoms with Crippen molar-refractivity contribution in [1.82, 2.24) is 9.97 Å². The molecule has 94 valence electrons. The molecule has 0 aliphatic rings. The van der Waals surface area contributed by atoms with Gasteiger partial charge in [0.25, 0.3) is 0 Å². The van der Waals surface area contributed by atoms with Crippen molar-refractivity contribution in [2.75, 3.05) is 24.5 Å². The zero-order valence-electron chi connectivity index (χ0n) is 10.3. The van der Waals surface area contributed by atoms with Gasteiger partial charge in [-0.3, -0.25) is 4.98 Å². The molecule has 2 rings (SSSR count). The van der Waals surface area contributed by atoms with Gasteiger partial charge in [-0.15, -0.1) is 0 Å². The molecule has 0 aliphatic heterocycles. The van der Waals surface area contributed by atoms with E-state index in [0.717, 1.165) is 11.4 Å². The van der Waals surface area contributed by atoms with E-state index in [1.807, 2.05) is 36.2 Å². The van der Waals surface area contributed by atoms with E-state index in [9.17, 15) is 0 Å². The number of nitrogen functional groups attached to an aromatic ring is 1. The first-order valence-corrected chi connectivity index (χ1v) is 5.41. The second-order valence-electron chi connectivity index (χ2n) is 3.64. The summed E-state index contributed by atoms with van der Waals surface area (Å²) in [5.41, 5.74) is 3.38. The van der Waals surface area contributed by atoms with Crippen molar-refractivity contribution in [1.29, 1.82) is 0 Å². The molecule has 0 aliphatic carbocycles. The molecule has 2 aromatic rings. The molecule has 0 spiro atoms. The Balaban J connectivity index is 2.37. The number of ether oxygens (including phenoxy) is 1. The fourth-order valence-corrected chi connectivity index (χ4v) is 1.62. The van der Waals surface area contributed by atoms with Crippen LogP contribution in [0.15, 0.2) is 36.7 Å². The van der Waals surface area contributed by atoms with E-state index in [0.29, 0.717) is 11.6 Å². The maximum Gasteiger partial charge on any atom is 0.160 e. The van der Waals surface area contributed by atoms with Crippen LogP contribution in [-0.4, -0.2) is 24.1 Å². The highest BCUT2D eigenvalue weighted by molar-refractivity contribution is 5.66. The third-order valence-corrected chi connectivity index (χ3v) is 2.56. The van der Waals surface area contributed by atoms with Crippen molar-refractivity contribution < 1.29 is 4.74 Å². The quantitative estimate of drug-likeness (QED) is 0.628. The topological polar surface area (TPSA) is 76.3 Å². The van der Waals surface area contributed by atoms with Crippen LogP contribution in [0, 0.1) is 0 Å². The summed E-state index contributed by atoms with van der Waals surface area (Å²) in [4.78, 5) is 10.3. The standard InChI is InChI=1S/C12H15N5O/c1-17(9-5-3-4-6-10(9)18-2)12-8-14-7-11(15-12)16-13/h3-8H,13H2,1-2H3,(H,15,16). The zero-order chi connectivity index (χ0) is 13.0. The number of aromatic nitrogens is 2. The predicted molar refractivity (Wildman–Crippen MR) is 70.9 cm³/mol. The van der Waals surface area contributed by atoms with Gasteiger partial charge in [-0.2, -0.15) is 0 Å². The summed E-state index contributed by atoms with van der Waals surface area (Å²) in [5.74, 6) is 7.27. The summed E-state index contributed by atoms with van der Waals surface area (Å²) in [7, 11) is 3.53. The van der Waals surface area contributed by atoms with Crippen molar-refractivity contribution in [3.05, 3.63) is 36.7 Å². The van der Waals surface area contributed by atoms with Crippen LogP contribution in [0.1, 0.15) is 0 Å². The first-order valence-electron chi connectivity index (χ1n) is 5.41. The van der Waals surface area contributed by atoms with Crippen molar-refractivity contribution in [3.63, 3.8) is 0 Å². The number of hydrazine groups is 1. The summed E-state index contributed by atoms with van der Waals surface area (Å²) in [6, 6.07) is 7.69. The van der Waals surface area contributed by atoms with Crippen LogP contribution in [0.4, 0.5) is 17.3 Å². The number of benzene rings is 1. The van der Waals surface area contributed by atoms with E-state index in [1.165, 1.54) is 0 Å². The number of anilines is 3. The molecule has 0 unspecified atom stereocenters. The van der Waals surface area contributed by atoms with E-state index in [-0.39, 0.29) is 0 Å². The number of nitrogens with two attached hydrogens (primary N) is 1. The number of methoxy groups -OCH3 is 1. The Morgan fingerprint density at radius 2 is 2.06 bits per heavy atom. The number of para-hydroxylation sites is 2. The Labute approximate surface area is 105 Å². The zero-order valence-corrected chi connectivity index (χ0v) is 10.3. The monoisotopic (exact) mass is 245 g/mol. The highest BCUT2D eigenvalue weighted by Gasteiger charge is 2.11. The largest absolute Gasteiger partial charge is 0.495 e. The highest BCUT2D eigenvalue weighted by atomic mass is 16.5. The fraction of sp³-hybridized carbons (Fsp3) is 0.167. The number of hydrogen-bond donors (Lipinski definition) is 2. The minimum Gasteiger partial charge on any atom is -0.495 e. The average Bonchev–Trinajstić information content (AvgIpc) is 2.46. The minimum absolute atomic E-state index is 0.509. The molecular formula is C12H15N5O. The van der Waals surface area contributed by atoms with Crippen LogP contribution in [0.3, 0.4) is 0 Å². The van der Waals surface area contributed by atoms with Gasteiger partial charge in [-0.25, -0.2) is 10.8 Å². The first kappa shape index (κ1) is 12.1. The van der Waals surface area contributed by atoms with Crippen LogP contribution in [-0.2, 0) is 0 Å². The Morgan fingerprint density at radius 1 is 1.28 bits per heavy atom. The van der Waals surface area contributed by atoms with Crippen LogP contribution in [0.5, 0.6) is 5.75 Å². The molecule has 6 heteroatoms. The number of hydrogen-bond acceptors (Lipinski definition) is 6. The highest BCUT2D eigenvalue weighted by Crippen LogP contribution is 2.30. The normalized spacial score (nSPS) is 9.94. The molecule has 1 aromatic heterocycles. The van der Waals surface area contributed by atoms with Crippen molar-refractivity contribution >= 4 is 17.3 Å². The lowest BCUT2D eigenvalue weighted by atomic mass is 10.2. The second kappa shape index (κ2) is 5.33. The van der Waals surface area contributed by atoms with Crippen molar-refractivity contribution in [2.45, 2.75) is 0 Å².